The summed E-state index contributed by atoms with van der Waals surface area (Å²) in [5.41, 5.74) is 2.24. The highest BCUT2D eigenvalue weighted by molar-refractivity contribution is 7.92. The largest absolute Gasteiger partial charge is 0.354 e. The Balaban J connectivity index is 2.35. The van der Waals surface area contributed by atoms with E-state index in [1.165, 1.54) is 4.90 Å². The van der Waals surface area contributed by atoms with Crippen molar-refractivity contribution in [1.82, 2.24) is 10.2 Å². The molecule has 2 amide bonds. The van der Waals surface area contributed by atoms with E-state index in [1.807, 2.05) is 57.2 Å². The van der Waals surface area contributed by atoms with E-state index in [0.29, 0.717) is 31.6 Å². The number of aryl methyl sites for hydroxylation is 1. The lowest BCUT2D eigenvalue weighted by Gasteiger charge is -2.33. The van der Waals surface area contributed by atoms with Crippen molar-refractivity contribution in [3.05, 3.63) is 65.7 Å². The molecule has 0 saturated heterocycles. The Hall–Kier alpha value is -2.87. The van der Waals surface area contributed by atoms with Crippen molar-refractivity contribution in [2.75, 3.05) is 30.2 Å². The first kappa shape index (κ1) is 27.4. The molecule has 0 heterocycles. The Kier molecular flexibility index (Phi) is 10.1. The highest BCUT2D eigenvalue weighted by Crippen LogP contribution is 2.22. The molecule has 34 heavy (non-hydrogen) atoms. The predicted molar refractivity (Wildman–Crippen MR) is 137 cm³/mol. The van der Waals surface area contributed by atoms with Gasteiger partial charge in [0, 0.05) is 13.1 Å². The third-order valence-electron chi connectivity index (χ3n) is 5.62. The van der Waals surface area contributed by atoms with Gasteiger partial charge in [-0.3, -0.25) is 13.9 Å². The van der Waals surface area contributed by atoms with E-state index in [1.54, 1.807) is 25.1 Å². The predicted octanol–water partition coefficient (Wildman–Crippen LogP) is 3.38. The molecule has 0 unspecified atom stereocenters. The van der Waals surface area contributed by atoms with Crippen molar-refractivity contribution in [3.8, 4) is 0 Å². The second-order valence-corrected chi connectivity index (χ2v) is 10.8. The Morgan fingerprint density at radius 2 is 1.62 bits per heavy atom. The number of sulfonamides is 1. The molecular weight excluding hydrogens is 450 g/mol. The van der Waals surface area contributed by atoms with Crippen LogP contribution in [-0.4, -0.2) is 57.1 Å². The molecule has 2 aromatic rings. The van der Waals surface area contributed by atoms with Gasteiger partial charge in [-0.25, -0.2) is 8.42 Å². The van der Waals surface area contributed by atoms with Gasteiger partial charge in [0.2, 0.25) is 21.8 Å². The number of amides is 2. The standard InChI is InChI=1S/C26H37N3O4S/c1-6-23(26(31)27-18-20(2)3)28(17-16-22-13-8-7-9-14-22)25(30)19-29(34(5,32)33)24-15-11-10-12-21(24)4/h7-15,20,23H,6,16-19H2,1-5H3,(H,27,31)/t23-/m0/s1. The minimum Gasteiger partial charge on any atom is -0.354 e. The van der Waals surface area contributed by atoms with Crippen LogP contribution in [0.25, 0.3) is 0 Å². The van der Waals surface area contributed by atoms with Crippen molar-refractivity contribution in [1.29, 1.82) is 0 Å². The molecule has 0 spiro atoms. The molecule has 0 bridgehead atoms. The highest BCUT2D eigenvalue weighted by atomic mass is 32.2. The van der Waals surface area contributed by atoms with Gasteiger partial charge in [0.15, 0.2) is 0 Å². The summed E-state index contributed by atoms with van der Waals surface area (Å²) < 4.78 is 26.4. The van der Waals surface area contributed by atoms with Gasteiger partial charge in [0.25, 0.3) is 0 Å². The van der Waals surface area contributed by atoms with Gasteiger partial charge >= 0.3 is 0 Å². The van der Waals surface area contributed by atoms with Crippen molar-refractivity contribution >= 4 is 27.5 Å². The van der Waals surface area contributed by atoms with E-state index < -0.39 is 22.0 Å². The van der Waals surface area contributed by atoms with Crippen LogP contribution in [0.1, 0.15) is 38.3 Å². The van der Waals surface area contributed by atoms with Gasteiger partial charge in [-0.15, -0.1) is 0 Å². The summed E-state index contributed by atoms with van der Waals surface area (Å²) in [5, 5.41) is 2.93. The number of carbonyl (C=O) groups is 2. The van der Waals surface area contributed by atoms with Crippen molar-refractivity contribution in [2.24, 2.45) is 5.92 Å². The van der Waals surface area contributed by atoms with E-state index in [4.69, 9.17) is 0 Å². The van der Waals surface area contributed by atoms with E-state index in [-0.39, 0.29) is 18.4 Å². The van der Waals surface area contributed by atoms with Crippen molar-refractivity contribution in [3.63, 3.8) is 0 Å². The lowest BCUT2D eigenvalue weighted by atomic mass is 10.1. The third-order valence-corrected chi connectivity index (χ3v) is 6.74. The summed E-state index contributed by atoms with van der Waals surface area (Å²) in [6.45, 7) is 8.12. The molecule has 0 radical (unpaired) electrons. The number of benzene rings is 2. The summed E-state index contributed by atoms with van der Waals surface area (Å²) in [6, 6.07) is 16.1. The number of anilines is 1. The number of hydrogen-bond acceptors (Lipinski definition) is 4. The van der Waals surface area contributed by atoms with Crippen LogP contribution < -0.4 is 9.62 Å². The second-order valence-electron chi connectivity index (χ2n) is 8.94. The highest BCUT2D eigenvalue weighted by Gasteiger charge is 2.31. The van der Waals surface area contributed by atoms with Crippen LogP contribution in [0.3, 0.4) is 0 Å². The Morgan fingerprint density at radius 3 is 2.18 bits per heavy atom. The number of hydrogen-bond donors (Lipinski definition) is 1. The maximum absolute atomic E-state index is 13.6. The molecule has 1 atom stereocenters. The number of nitrogens with one attached hydrogen (secondary N) is 1. The Bertz CT molecular complexity index is 1050. The molecule has 1 N–H and O–H groups in total. The SMILES string of the molecule is CC[C@@H](C(=O)NCC(C)C)N(CCc1ccccc1)C(=O)CN(c1ccccc1C)S(C)(=O)=O. The van der Waals surface area contributed by atoms with E-state index in [9.17, 15) is 18.0 Å². The number of rotatable bonds is 12. The first-order valence-corrected chi connectivity index (χ1v) is 13.5. The number of carbonyl (C=O) groups excluding carboxylic acids is 2. The molecule has 7 nitrogen and oxygen atoms in total. The lowest BCUT2D eigenvalue weighted by molar-refractivity contribution is -0.139. The molecular formula is C26H37N3O4S. The fourth-order valence-corrected chi connectivity index (χ4v) is 4.66. The van der Waals surface area contributed by atoms with E-state index >= 15 is 0 Å². The number of nitrogens with zero attached hydrogens (tertiary/aromatic N) is 2. The summed E-state index contributed by atoms with van der Waals surface area (Å²) in [6.07, 6.45) is 2.07. The second kappa shape index (κ2) is 12.6. The van der Waals surface area contributed by atoms with Crippen LogP contribution >= 0.6 is 0 Å². The van der Waals surface area contributed by atoms with Gasteiger partial charge in [-0.2, -0.15) is 0 Å². The first-order valence-electron chi connectivity index (χ1n) is 11.7. The molecule has 0 aliphatic carbocycles. The van der Waals surface area contributed by atoms with Crippen LogP contribution in [-0.2, 0) is 26.0 Å². The quantitative estimate of drug-likeness (QED) is 0.497. The molecule has 0 saturated carbocycles. The fraction of sp³-hybridized carbons (Fsp3) is 0.462. The van der Waals surface area contributed by atoms with E-state index in [2.05, 4.69) is 5.32 Å². The molecule has 2 rings (SSSR count). The molecule has 0 aromatic heterocycles. The number of para-hydroxylation sites is 1. The smallest absolute Gasteiger partial charge is 0.244 e. The zero-order chi connectivity index (χ0) is 25.3. The summed E-state index contributed by atoms with van der Waals surface area (Å²) in [7, 11) is -3.73. The molecule has 0 aliphatic rings. The summed E-state index contributed by atoms with van der Waals surface area (Å²) >= 11 is 0. The lowest BCUT2D eigenvalue weighted by Crippen LogP contribution is -2.53. The van der Waals surface area contributed by atoms with Crippen LogP contribution in [0.15, 0.2) is 54.6 Å². The average molecular weight is 488 g/mol. The zero-order valence-corrected chi connectivity index (χ0v) is 21.6. The maximum Gasteiger partial charge on any atom is 0.244 e. The van der Waals surface area contributed by atoms with Gasteiger partial charge in [0.05, 0.1) is 11.9 Å². The molecule has 2 aromatic carbocycles. The monoisotopic (exact) mass is 487 g/mol. The van der Waals surface area contributed by atoms with Crippen LogP contribution in [0.5, 0.6) is 0 Å². The van der Waals surface area contributed by atoms with Crippen LogP contribution in [0.2, 0.25) is 0 Å². The fourth-order valence-electron chi connectivity index (χ4n) is 3.76. The molecule has 0 fully saturated rings. The normalized spacial score (nSPS) is 12.3. The summed E-state index contributed by atoms with van der Waals surface area (Å²) in [4.78, 5) is 28.1. The molecule has 0 aliphatic heterocycles. The van der Waals surface area contributed by atoms with E-state index in [0.717, 1.165) is 21.7 Å². The maximum atomic E-state index is 13.6. The van der Waals surface area contributed by atoms with Gasteiger partial charge in [-0.1, -0.05) is 69.3 Å². The topological polar surface area (TPSA) is 86.8 Å². The minimum absolute atomic E-state index is 0.223. The summed E-state index contributed by atoms with van der Waals surface area (Å²) in [5.74, 6) is -0.354. The average Bonchev–Trinajstić information content (AvgIpc) is 2.79. The van der Waals surface area contributed by atoms with Crippen LogP contribution in [0.4, 0.5) is 5.69 Å². The van der Waals surface area contributed by atoms with Crippen molar-refractivity contribution < 1.29 is 18.0 Å². The van der Waals surface area contributed by atoms with Crippen LogP contribution in [0, 0.1) is 12.8 Å². The van der Waals surface area contributed by atoms with Gasteiger partial charge in [-0.05, 0) is 42.9 Å². The molecule has 186 valence electrons. The van der Waals surface area contributed by atoms with Crippen molar-refractivity contribution in [2.45, 2.75) is 46.6 Å². The Morgan fingerprint density at radius 1 is 1.00 bits per heavy atom. The van der Waals surface area contributed by atoms with Gasteiger partial charge in [0.1, 0.15) is 12.6 Å². The van der Waals surface area contributed by atoms with Gasteiger partial charge < -0.3 is 10.2 Å². The Labute approximate surface area is 204 Å². The molecule has 8 heteroatoms. The minimum atomic E-state index is -3.73. The zero-order valence-electron chi connectivity index (χ0n) is 20.8. The third kappa shape index (κ3) is 7.87. The first-order chi connectivity index (χ1) is 16.0.